The second-order valence-electron chi connectivity index (χ2n) is 11.9. The molecule has 6 nitrogen and oxygen atoms in total. The first-order chi connectivity index (χ1) is 20.7. The van der Waals surface area contributed by atoms with E-state index in [9.17, 15) is 0 Å². The molecule has 0 fully saturated rings. The maximum Gasteiger partial charge on any atom is 0.126 e. The number of hydrogen-bond donors (Lipinski definition) is 3. The fourth-order valence-corrected chi connectivity index (χ4v) is 5.81. The van der Waals surface area contributed by atoms with E-state index in [4.69, 9.17) is 31.4 Å². The van der Waals surface area contributed by atoms with Crippen molar-refractivity contribution in [2.24, 2.45) is 0 Å². The molecule has 0 unspecified atom stereocenters. The van der Waals surface area contributed by atoms with Crippen LogP contribution in [0.3, 0.4) is 0 Å². The molecule has 0 aliphatic rings. The lowest BCUT2D eigenvalue weighted by Gasteiger charge is -2.29. The topological polar surface area (TPSA) is 106 Å². The van der Waals surface area contributed by atoms with Crippen LogP contribution >= 0.6 is 0 Å². The lowest BCUT2D eigenvalue weighted by molar-refractivity contribution is 0.293. The fraction of sp³-hybridized carbons (Fsp3) is 0.514. The maximum atomic E-state index is 6.58. The van der Waals surface area contributed by atoms with Crippen molar-refractivity contribution < 1.29 is 14.2 Å². The molecule has 0 aliphatic heterocycles. The molecule has 0 bridgehead atoms. The van der Waals surface area contributed by atoms with Gasteiger partial charge in [-0.3, -0.25) is 0 Å². The molecule has 0 spiro atoms. The van der Waals surface area contributed by atoms with Crippen LogP contribution in [-0.4, -0.2) is 19.8 Å². The lowest BCUT2D eigenvalue weighted by Crippen LogP contribution is -2.15. The number of hydrogen-bond acceptors (Lipinski definition) is 6. The van der Waals surface area contributed by atoms with Gasteiger partial charge in [-0.15, -0.1) is 0 Å². The Kier molecular flexibility index (Phi) is 13.4. The van der Waals surface area contributed by atoms with Crippen molar-refractivity contribution in [1.29, 1.82) is 0 Å². The maximum absolute atomic E-state index is 6.58. The molecule has 0 aromatic heterocycles. The Labute approximate surface area is 260 Å². The SMILES string of the molecule is CCCCCOc1c(C)cc(N)cc1C(c1cc(N)cc(C)c1OCCCCC)c1cc(N)cc(C)c1OCCCCC. The predicted octanol–water partition coefficient (Wildman–Crippen LogP) is 9.25. The van der Waals surface area contributed by atoms with Crippen molar-refractivity contribution in [2.75, 3.05) is 37.0 Å². The van der Waals surface area contributed by atoms with Crippen molar-refractivity contribution in [3.05, 3.63) is 69.8 Å². The Hall–Kier alpha value is -3.54. The minimum absolute atomic E-state index is 0.338. The van der Waals surface area contributed by atoms with Gasteiger partial charge < -0.3 is 31.4 Å². The van der Waals surface area contributed by atoms with Gasteiger partial charge in [0.1, 0.15) is 17.2 Å². The standard InChI is InChI=1S/C37H55N3O3/c1-7-10-13-16-41-35-25(4)19-28(38)22-31(35)34(32-23-29(39)20-26(5)36(32)42-17-14-11-8-2)33-24-30(40)21-27(6)37(33)43-18-15-12-9-3/h19-24,34H,7-18,38-40H2,1-6H3. The summed E-state index contributed by atoms with van der Waals surface area (Å²) in [5.41, 5.74) is 27.6. The first kappa shape index (κ1) is 34.0. The fourth-order valence-electron chi connectivity index (χ4n) is 5.81. The summed E-state index contributed by atoms with van der Waals surface area (Å²) in [4.78, 5) is 0. The van der Waals surface area contributed by atoms with Gasteiger partial charge in [0.25, 0.3) is 0 Å². The second kappa shape index (κ2) is 16.9. The highest BCUT2D eigenvalue weighted by Crippen LogP contribution is 2.48. The Morgan fingerprint density at radius 3 is 1.00 bits per heavy atom. The van der Waals surface area contributed by atoms with E-state index >= 15 is 0 Å². The molecule has 43 heavy (non-hydrogen) atoms. The van der Waals surface area contributed by atoms with E-state index in [1.54, 1.807) is 0 Å². The third-order valence-electron chi connectivity index (χ3n) is 7.89. The van der Waals surface area contributed by atoms with Gasteiger partial charge in [0.05, 0.1) is 19.8 Å². The number of rotatable bonds is 18. The summed E-state index contributed by atoms with van der Waals surface area (Å²) in [6, 6.07) is 12.0. The first-order valence-corrected chi connectivity index (χ1v) is 16.3. The molecule has 236 valence electrons. The number of ether oxygens (including phenoxy) is 3. The third kappa shape index (κ3) is 9.22. The molecule has 6 heteroatoms. The zero-order valence-corrected chi connectivity index (χ0v) is 27.5. The molecule has 0 saturated carbocycles. The summed E-state index contributed by atoms with van der Waals surface area (Å²) in [5, 5.41) is 0. The number of benzene rings is 3. The molecule has 6 N–H and O–H groups in total. The molecule has 0 radical (unpaired) electrons. The summed E-state index contributed by atoms with van der Waals surface area (Å²) in [5.74, 6) is 2.17. The molecular formula is C37H55N3O3. The highest BCUT2D eigenvalue weighted by atomic mass is 16.5. The highest BCUT2D eigenvalue weighted by molar-refractivity contribution is 5.67. The van der Waals surface area contributed by atoms with E-state index in [-0.39, 0.29) is 5.92 Å². The van der Waals surface area contributed by atoms with Gasteiger partial charge in [0.2, 0.25) is 0 Å². The van der Waals surface area contributed by atoms with Crippen LogP contribution < -0.4 is 31.4 Å². The average Bonchev–Trinajstić information content (AvgIpc) is 2.94. The molecule has 3 aromatic carbocycles. The molecular weight excluding hydrogens is 534 g/mol. The zero-order chi connectivity index (χ0) is 31.4. The summed E-state index contributed by atoms with van der Waals surface area (Å²) in [6.07, 6.45) is 9.67. The molecule has 0 saturated heterocycles. The van der Waals surface area contributed by atoms with Crippen molar-refractivity contribution in [2.45, 2.75) is 105 Å². The molecule has 0 heterocycles. The lowest BCUT2D eigenvalue weighted by atomic mass is 9.81. The molecule has 3 rings (SSSR count). The zero-order valence-electron chi connectivity index (χ0n) is 27.5. The van der Waals surface area contributed by atoms with Crippen LogP contribution in [-0.2, 0) is 0 Å². The Morgan fingerprint density at radius 1 is 0.465 bits per heavy atom. The Morgan fingerprint density at radius 2 is 0.744 bits per heavy atom. The van der Waals surface area contributed by atoms with Gasteiger partial charge in [-0.2, -0.15) is 0 Å². The van der Waals surface area contributed by atoms with Gasteiger partial charge in [-0.1, -0.05) is 59.3 Å². The van der Waals surface area contributed by atoms with E-state index in [1.165, 1.54) is 0 Å². The average molecular weight is 590 g/mol. The highest BCUT2D eigenvalue weighted by Gasteiger charge is 2.30. The smallest absolute Gasteiger partial charge is 0.126 e. The van der Waals surface area contributed by atoms with Crippen molar-refractivity contribution >= 4 is 17.1 Å². The van der Waals surface area contributed by atoms with Crippen LogP contribution in [0.25, 0.3) is 0 Å². The minimum Gasteiger partial charge on any atom is -0.493 e. The minimum atomic E-state index is -0.338. The molecule has 0 aliphatic carbocycles. The first-order valence-electron chi connectivity index (χ1n) is 16.3. The van der Waals surface area contributed by atoms with Crippen LogP contribution in [0.1, 0.15) is 118 Å². The van der Waals surface area contributed by atoms with E-state index in [1.807, 2.05) is 36.4 Å². The number of nitrogen functional groups attached to an aromatic ring is 3. The third-order valence-corrected chi connectivity index (χ3v) is 7.89. The van der Waals surface area contributed by atoms with Crippen LogP contribution in [0, 0.1) is 20.8 Å². The Balaban J connectivity index is 2.33. The summed E-state index contributed by atoms with van der Waals surface area (Å²) < 4.78 is 19.7. The summed E-state index contributed by atoms with van der Waals surface area (Å²) in [7, 11) is 0. The van der Waals surface area contributed by atoms with Crippen LogP contribution in [0.15, 0.2) is 36.4 Å². The number of unbranched alkanes of at least 4 members (excludes halogenated alkanes) is 6. The van der Waals surface area contributed by atoms with E-state index in [0.717, 1.165) is 108 Å². The predicted molar refractivity (Wildman–Crippen MR) is 183 cm³/mol. The van der Waals surface area contributed by atoms with Crippen molar-refractivity contribution in [1.82, 2.24) is 0 Å². The van der Waals surface area contributed by atoms with Gasteiger partial charge in [0.15, 0.2) is 0 Å². The quantitative estimate of drug-likeness (QED) is 0.0776. The summed E-state index contributed by atoms with van der Waals surface area (Å²) in [6.45, 7) is 14.7. The number of aryl methyl sites for hydroxylation is 3. The van der Waals surface area contributed by atoms with Gasteiger partial charge in [0, 0.05) is 39.7 Å². The van der Waals surface area contributed by atoms with Gasteiger partial charge >= 0.3 is 0 Å². The number of nitrogens with two attached hydrogens (primary N) is 3. The molecule has 0 atom stereocenters. The monoisotopic (exact) mass is 589 g/mol. The second-order valence-corrected chi connectivity index (χ2v) is 11.9. The summed E-state index contributed by atoms with van der Waals surface area (Å²) >= 11 is 0. The van der Waals surface area contributed by atoms with E-state index in [2.05, 4.69) is 41.5 Å². The normalized spacial score (nSPS) is 11.2. The molecule has 3 aromatic rings. The van der Waals surface area contributed by atoms with Crippen LogP contribution in [0.4, 0.5) is 17.1 Å². The van der Waals surface area contributed by atoms with E-state index < -0.39 is 0 Å². The number of anilines is 3. The van der Waals surface area contributed by atoms with Crippen molar-refractivity contribution in [3.8, 4) is 17.2 Å². The largest absolute Gasteiger partial charge is 0.493 e. The van der Waals surface area contributed by atoms with Crippen LogP contribution in [0.2, 0.25) is 0 Å². The van der Waals surface area contributed by atoms with Crippen molar-refractivity contribution in [3.63, 3.8) is 0 Å². The van der Waals surface area contributed by atoms with Gasteiger partial charge in [-0.05, 0) is 93.1 Å². The van der Waals surface area contributed by atoms with Crippen LogP contribution in [0.5, 0.6) is 17.2 Å². The Bertz CT molecular complexity index is 1160. The van der Waals surface area contributed by atoms with Gasteiger partial charge in [-0.25, -0.2) is 0 Å². The van der Waals surface area contributed by atoms with E-state index in [0.29, 0.717) is 36.9 Å². The molecule has 0 amide bonds.